The maximum absolute atomic E-state index is 13.1. The molecule has 3 amide bonds. The summed E-state index contributed by atoms with van der Waals surface area (Å²) in [7, 11) is 1.79. The van der Waals surface area contributed by atoms with Gasteiger partial charge in [-0.15, -0.1) is 0 Å². The number of hydrogen-bond acceptors (Lipinski definition) is 3. The van der Waals surface area contributed by atoms with Crippen LogP contribution in [0.2, 0.25) is 0 Å². The molecule has 1 aliphatic carbocycles. The molecule has 0 aromatic heterocycles. The van der Waals surface area contributed by atoms with Gasteiger partial charge in [-0.2, -0.15) is 0 Å². The fraction of sp³-hybridized carbons (Fsp3) is 0.400. The normalized spacial score (nSPS) is 21.1. The molecule has 2 aliphatic rings. The Morgan fingerprint density at radius 1 is 0.900 bits per heavy atom. The second kappa shape index (κ2) is 8.82. The largest absolute Gasteiger partial charge is 0.335 e. The fourth-order valence-electron chi connectivity index (χ4n) is 4.89. The Morgan fingerprint density at radius 2 is 1.37 bits per heavy atom. The van der Waals surface area contributed by atoms with Gasteiger partial charge >= 0.3 is 0 Å². The molecule has 0 N–H and O–H groups in total. The molecule has 1 heterocycles. The van der Waals surface area contributed by atoms with Gasteiger partial charge in [0.1, 0.15) is 0 Å². The van der Waals surface area contributed by atoms with Crippen LogP contribution in [0.1, 0.15) is 49.3 Å². The second-order valence-corrected chi connectivity index (χ2v) is 8.30. The van der Waals surface area contributed by atoms with Gasteiger partial charge in [-0.25, -0.2) is 0 Å². The van der Waals surface area contributed by atoms with Crippen molar-refractivity contribution in [3.05, 3.63) is 71.8 Å². The topological polar surface area (TPSA) is 57.7 Å². The quantitative estimate of drug-likeness (QED) is 0.688. The Morgan fingerprint density at radius 3 is 1.83 bits per heavy atom. The summed E-state index contributed by atoms with van der Waals surface area (Å²) in [6.45, 7) is 0.171. The van der Waals surface area contributed by atoms with Crippen molar-refractivity contribution in [3.63, 3.8) is 0 Å². The summed E-state index contributed by atoms with van der Waals surface area (Å²) in [6, 6.07) is 19.6. The summed E-state index contributed by atoms with van der Waals surface area (Å²) in [6.07, 6.45) is 3.74. The van der Waals surface area contributed by atoms with Crippen molar-refractivity contribution in [2.45, 2.75) is 38.1 Å². The highest BCUT2D eigenvalue weighted by Crippen LogP contribution is 2.38. The third-order valence-corrected chi connectivity index (χ3v) is 6.49. The molecule has 2 aromatic carbocycles. The number of rotatable bonds is 6. The Hall–Kier alpha value is -2.95. The SMILES string of the molecule is CN(C(=O)CCN1C(=O)[C@H]2CCCC[C@@H]2C1=O)C(c1ccccc1)c1ccccc1. The monoisotopic (exact) mass is 404 g/mol. The van der Waals surface area contributed by atoms with Crippen LogP contribution in [0.3, 0.4) is 0 Å². The molecule has 156 valence electrons. The van der Waals surface area contributed by atoms with E-state index in [4.69, 9.17) is 0 Å². The summed E-state index contributed by atoms with van der Waals surface area (Å²) in [5.74, 6) is -0.574. The highest BCUT2D eigenvalue weighted by atomic mass is 16.2. The van der Waals surface area contributed by atoms with Gasteiger partial charge in [0.25, 0.3) is 0 Å². The lowest BCUT2D eigenvalue weighted by atomic mass is 9.81. The Balaban J connectivity index is 1.48. The maximum Gasteiger partial charge on any atom is 0.233 e. The molecule has 0 radical (unpaired) electrons. The van der Waals surface area contributed by atoms with Crippen LogP contribution in [-0.2, 0) is 14.4 Å². The average molecular weight is 405 g/mol. The van der Waals surface area contributed by atoms with Crippen LogP contribution in [0.25, 0.3) is 0 Å². The van der Waals surface area contributed by atoms with Crippen LogP contribution in [0.4, 0.5) is 0 Å². The zero-order chi connectivity index (χ0) is 21.1. The first-order valence-electron chi connectivity index (χ1n) is 10.8. The lowest BCUT2D eigenvalue weighted by molar-refractivity contribution is -0.140. The summed E-state index contributed by atoms with van der Waals surface area (Å²) >= 11 is 0. The van der Waals surface area contributed by atoms with E-state index >= 15 is 0 Å². The standard InChI is InChI=1S/C25H28N2O3/c1-26(23(18-10-4-2-5-11-18)19-12-6-3-7-13-19)22(28)16-17-27-24(29)20-14-8-9-15-21(20)25(27)30/h2-7,10-13,20-21,23H,8-9,14-17H2,1H3/t20-,21-/m0/s1. The Bertz CT molecular complexity index is 849. The highest BCUT2D eigenvalue weighted by Gasteiger charge is 2.47. The van der Waals surface area contributed by atoms with Crippen molar-refractivity contribution in [2.24, 2.45) is 11.8 Å². The number of nitrogens with zero attached hydrogens (tertiary/aromatic N) is 2. The minimum absolute atomic E-state index is 0.0804. The molecular weight excluding hydrogens is 376 g/mol. The van der Waals surface area contributed by atoms with Gasteiger partial charge in [-0.1, -0.05) is 73.5 Å². The van der Waals surface area contributed by atoms with E-state index in [0.717, 1.165) is 36.8 Å². The summed E-state index contributed by atoms with van der Waals surface area (Å²) in [5.41, 5.74) is 2.05. The van der Waals surface area contributed by atoms with Crippen LogP contribution < -0.4 is 0 Å². The van der Waals surface area contributed by atoms with Crippen molar-refractivity contribution in [3.8, 4) is 0 Å². The third-order valence-electron chi connectivity index (χ3n) is 6.49. The molecule has 5 heteroatoms. The first-order chi connectivity index (χ1) is 14.6. The Kier molecular flexibility index (Phi) is 5.98. The molecule has 2 atom stereocenters. The molecule has 0 unspecified atom stereocenters. The van der Waals surface area contributed by atoms with E-state index < -0.39 is 0 Å². The molecule has 30 heavy (non-hydrogen) atoms. The van der Waals surface area contributed by atoms with Crippen molar-refractivity contribution in [1.82, 2.24) is 9.80 Å². The minimum Gasteiger partial charge on any atom is -0.335 e. The molecule has 4 rings (SSSR count). The molecular formula is C25H28N2O3. The van der Waals surface area contributed by atoms with Gasteiger partial charge in [0.2, 0.25) is 17.7 Å². The molecule has 1 aliphatic heterocycles. The van der Waals surface area contributed by atoms with Crippen molar-refractivity contribution in [1.29, 1.82) is 0 Å². The first-order valence-corrected chi connectivity index (χ1v) is 10.8. The zero-order valence-electron chi connectivity index (χ0n) is 17.4. The van der Waals surface area contributed by atoms with Gasteiger partial charge in [-0.3, -0.25) is 19.3 Å². The highest BCUT2D eigenvalue weighted by molar-refractivity contribution is 6.05. The number of fused-ring (bicyclic) bond motifs is 1. The predicted molar refractivity (Wildman–Crippen MR) is 114 cm³/mol. The van der Waals surface area contributed by atoms with Gasteiger partial charge in [0.15, 0.2) is 0 Å². The summed E-state index contributed by atoms with van der Waals surface area (Å²) < 4.78 is 0. The van der Waals surface area contributed by atoms with Crippen LogP contribution in [0.5, 0.6) is 0 Å². The Labute approximate surface area is 177 Å². The molecule has 0 spiro atoms. The van der Waals surface area contributed by atoms with Crippen LogP contribution in [0.15, 0.2) is 60.7 Å². The summed E-state index contributed by atoms with van der Waals surface area (Å²) in [5, 5.41) is 0. The second-order valence-electron chi connectivity index (χ2n) is 8.30. The van der Waals surface area contributed by atoms with Gasteiger partial charge in [0, 0.05) is 20.0 Å². The number of hydrogen-bond donors (Lipinski definition) is 0. The maximum atomic E-state index is 13.1. The molecule has 5 nitrogen and oxygen atoms in total. The molecule has 2 fully saturated rings. The number of amides is 3. The molecule has 1 saturated heterocycles. The molecule has 0 bridgehead atoms. The van der Waals surface area contributed by atoms with Crippen LogP contribution in [-0.4, -0.2) is 41.1 Å². The smallest absolute Gasteiger partial charge is 0.233 e. The number of carbonyl (C=O) groups is 3. The van der Waals surface area contributed by atoms with E-state index in [9.17, 15) is 14.4 Å². The average Bonchev–Trinajstić information content (AvgIpc) is 3.03. The lowest BCUT2D eigenvalue weighted by Crippen LogP contribution is -2.37. The van der Waals surface area contributed by atoms with Crippen molar-refractivity contribution < 1.29 is 14.4 Å². The molecule has 2 aromatic rings. The van der Waals surface area contributed by atoms with E-state index in [0.29, 0.717) is 0 Å². The number of carbonyl (C=O) groups excluding carboxylic acids is 3. The minimum atomic E-state index is -0.215. The van der Waals surface area contributed by atoms with Crippen molar-refractivity contribution in [2.75, 3.05) is 13.6 Å². The lowest BCUT2D eigenvalue weighted by Gasteiger charge is -2.30. The predicted octanol–water partition coefficient (Wildman–Crippen LogP) is 3.80. The van der Waals surface area contributed by atoms with E-state index in [1.54, 1.807) is 11.9 Å². The van der Waals surface area contributed by atoms with Crippen LogP contribution >= 0.6 is 0 Å². The number of benzene rings is 2. The first kappa shape index (κ1) is 20.3. The third kappa shape index (κ3) is 3.89. The van der Waals surface area contributed by atoms with E-state index in [2.05, 4.69) is 0 Å². The summed E-state index contributed by atoms with van der Waals surface area (Å²) in [4.78, 5) is 41.5. The van der Waals surface area contributed by atoms with Crippen LogP contribution in [0, 0.1) is 11.8 Å². The molecule has 1 saturated carbocycles. The fourth-order valence-corrected chi connectivity index (χ4v) is 4.89. The number of likely N-dealkylation sites (tertiary alicyclic amines) is 1. The van der Waals surface area contributed by atoms with Crippen molar-refractivity contribution >= 4 is 17.7 Å². The van der Waals surface area contributed by atoms with Gasteiger partial charge < -0.3 is 4.90 Å². The van der Waals surface area contributed by atoms with E-state index in [1.807, 2.05) is 60.7 Å². The van der Waals surface area contributed by atoms with Gasteiger partial charge in [0.05, 0.1) is 17.9 Å². The van der Waals surface area contributed by atoms with E-state index in [-0.39, 0.29) is 48.6 Å². The van der Waals surface area contributed by atoms with E-state index in [1.165, 1.54) is 4.90 Å². The van der Waals surface area contributed by atoms with Gasteiger partial charge in [-0.05, 0) is 24.0 Å². The zero-order valence-corrected chi connectivity index (χ0v) is 17.4. The number of imide groups is 1.